The Hall–Kier alpha value is -2.29. The number of rotatable bonds is 5. The molecule has 1 aromatic carbocycles. The Balaban J connectivity index is 1.97. The number of carbonyl (C=O) groups is 2. The fourth-order valence-corrected chi connectivity index (χ4v) is 2.89. The van der Waals surface area contributed by atoms with Crippen molar-refractivity contribution < 1.29 is 22.8 Å². The molecule has 5 nitrogen and oxygen atoms in total. The van der Waals surface area contributed by atoms with E-state index in [9.17, 15) is 22.8 Å². The Morgan fingerprint density at radius 3 is 2.88 bits per heavy atom. The van der Waals surface area contributed by atoms with E-state index in [0.29, 0.717) is 11.7 Å². The number of thioether (sulfide) groups is 1. The number of amides is 2. The van der Waals surface area contributed by atoms with Gasteiger partial charge in [-0.1, -0.05) is 23.9 Å². The average Bonchev–Trinajstić information content (AvgIpc) is 2.84. The van der Waals surface area contributed by atoms with Gasteiger partial charge in [-0.3, -0.25) is 14.6 Å². The van der Waals surface area contributed by atoms with E-state index in [1.807, 2.05) is 0 Å². The number of amidine groups is 1. The predicted octanol–water partition coefficient (Wildman–Crippen LogP) is 2.81. The predicted molar refractivity (Wildman–Crippen MR) is 86.7 cm³/mol. The number of aliphatic imine (C=N–C) groups is 1. The molecule has 2 amide bonds. The lowest BCUT2D eigenvalue weighted by Crippen LogP contribution is -2.28. The second kappa shape index (κ2) is 7.52. The summed E-state index contributed by atoms with van der Waals surface area (Å²) in [5.41, 5.74) is -0.828. The van der Waals surface area contributed by atoms with Crippen molar-refractivity contribution in [3.05, 3.63) is 42.5 Å². The Kier molecular flexibility index (Phi) is 5.66. The Bertz CT molecular complexity index is 689. The third-order valence-corrected chi connectivity index (χ3v) is 4.10. The number of nitrogens with zero attached hydrogens (tertiary/aromatic N) is 1. The molecule has 1 aromatic rings. The number of nitrogens with one attached hydrogen (secondary N) is 2. The smallest absolute Gasteiger partial charge is 0.326 e. The first-order valence-electron chi connectivity index (χ1n) is 6.89. The van der Waals surface area contributed by atoms with Crippen LogP contribution in [0.5, 0.6) is 0 Å². The Morgan fingerprint density at radius 1 is 1.46 bits per heavy atom. The van der Waals surface area contributed by atoms with Gasteiger partial charge in [0, 0.05) is 12.1 Å². The molecule has 0 aromatic heterocycles. The molecule has 2 rings (SSSR count). The maximum Gasteiger partial charge on any atom is 0.416 e. The quantitative estimate of drug-likeness (QED) is 0.796. The van der Waals surface area contributed by atoms with Gasteiger partial charge >= 0.3 is 6.18 Å². The van der Waals surface area contributed by atoms with Crippen LogP contribution in [-0.2, 0) is 15.8 Å². The minimum Gasteiger partial charge on any atom is -0.326 e. The van der Waals surface area contributed by atoms with Crippen LogP contribution in [0.4, 0.5) is 18.9 Å². The number of benzene rings is 1. The van der Waals surface area contributed by atoms with Crippen molar-refractivity contribution in [2.24, 2.45) is 4.99 Å². The van der Waals surface area contributed by atoms with Crippen LogP contribution in [0.15, 0.2) is 41.9 Å². The maximum atomic E-state index is 12.6. The van der Waals surface area contributed by atoms with Crippen LogP contribution in [0.2, 0.25) is 0 Å². The molecule has 24 heavy (non-hydrogen) atoms. The number of carbonyl (C=O) groups excluding carboxylic acids is 2. The molecule has 0 saturated carbocycles. The number of alkyl halides is 3. The van der Waals surface area contributed by atoms with Gasteiger partial charge in [0.15, 0.2) is 5.17 Å². The third kappa shape index (κ3) is 4.85. The van der Waals surface area contributed by atoms with Crippen LogP contribution in [0.25, 0.3) is 0 Å². The first-order chi connectivity index (χ1) is 11.3. The summed E-state index contributed by atoms with van der Waals surface area (Å²) in [6.07, 6.45) is -3.09. The van der Waals surface area contributed by atoms with Crippen molar-refractivity contribution in [2.75, 3.05) is 11.9 Å². The average molecular weight is 357 g/mol. The highest BCUT2D eigenvalue weighted by Crippen LogP contribution is 2.31. The van der Waals surface area contributed by atoms with Gasteiger partial charge in [-0.25, -0.2) is 0 Å². The van der Waals surface area contributed by atoms with Crippen LogP contribution in [0.3, 0.4) is 0 Å². The van der Waals surface area contributed by atoms with E-state index >= 15 is 0 Å². The van der Waals surface area contributed by atoms with E-state index in [2.05, 4.69) is 22.2 Å². The number of hydrogen-bond acceptors (Lipinski definition) is 4. The van der Waals surface area contributed by atoms with Gasteiger partial charge in [-0.15, -0.1) is 6.58 Å². The first kappa shape index (κ1) is 18.1. The van der Waals surface area contributed by atoms with Crippen LogP contribution in [0, 0.1) is 0 Å². The van der Waals surface area contributed by atoms with E-state index in [4.69, 9.17) is 0 Å². The lowest BCUT2D eigenvalue weighted by molar-refractivity contribution is -0.137. The SMILES string of the molecule is C=CCN=C1NC(=O)[C@H](CC(=O)Nc2cccc(C(F)(F)F)c2)S1. The molecule has 0 bridgehead atoms. The number of anilines is 1. The van der Waals surface area contributed by atoms with Crippen molar-refractivity contribution in [2.45, 2.75) is 17.8 Å². The second-order valence-electron chi connectivity index (χ2n) is 4.86. The number of halogens is 3. The highest BCUT2D eigenvalue weighted by atomic mass is 32.2. The fraction of sp³-hybridized carbons (Fsp3) is 0.267. The van der Waals surface area contributed by atoms with Gasteiger partial charge in [0.1, 0.15) is 5.25 Å². The lowest BCUT2D eigenvalue weighted by atomic mass is 10.2. The number of hydrogen-bond donors (Lipinski definition) is 2. The van der Waals surface area contributed by atoms with Gasteiger partial charge in [-0.2, -0.15) is 13.2 Å². The van der Waals surface area contributed by atoms with Crippen LogP contribution in [0.1, 0.15) is 12.0 Å². The van der Waals surface area contributed by atoms with E-state index in [-0.39, 0.29) is 18.0 Å². The van der Waals surface area contributed by atoms with Gasteiger partial charge in [0.2, 0.25) is 11.8 Å². The lowest BCUT2D eigenvalue weighted by Gasteiger charge is -2.10. The highest BCUT2D eigenvalue weighted by molar-refractivity contribution is 8.15. The molecule has 128 valence electrons. The van der Waals surface area contributed by atoms with Gasteiger partial charge in [-0.05, 0) is 18.2 Å². The minimum atomic E-state index is -4.49. The molecule has 1 aliphatic rings. The normalized spacial score (nSPS) is 19.2. The zero-order chi connectivity index (χ0) is 17.7. The van der Waals surface area contributed by atoms with E-state index < -0.39 is 22.9 Å². The molecule has 0 radical (unpaired) electrons. The second-order valence-corrected chi connectivity index (χ2v) is 6.05. The van der Waals surface area contributed by atoms with Crippen molar-refractivity contribution in [3.8, 4) is 0 Å². The highest BCUT2D eigenvalue weighted by Gasteiger charge is 2.33. The largest absolute Gasteiger partial charge is 0.416 e. The zero-order valence-corrected chi connectivity index (χ0v) is 13.2. The molecule has 0 unspecified atom stereocenters. The van der Waals surface area contributed by atoms with Crippen LogP contribution >= 0.6 is 11.8 Å². The van der Waals surface area contributed by atoms with Crippen molar-refractivity contribution in [1.82, 2.24) is 5.32 Å². The molecular weight excluding hydrogens is 343 g/mol. The van der Waals surface area contributed by atoms with E-state index in [1.54, 1.807) is 6.08 Å². The summed E-state index contributed by atoms with van der Waals surface area (Å²) >= 11 is 1.11. The molecule has 0 spiro atoms. The Labute approximate surface area is 140 Å². The zero-order valence-electron chi connectivity index (χ0n) is 12.4. The van der Waals surface area contributed by atoms with Gasteiger partial charge in [0.25, 0.3) is 0 Å². The van der Waals surface area contributed by atoms with Crippen molar-refractivity contribution in [1.29, 1.82) is 0 Å². The summed E-state index contributed by atoms with van der Waals surface area (Å²) in [5, 5.41) is 4.64. The summed E-state index contributed by atoms with van der Waals surface area (Å²) in [6, 6.07) is 4.32. The Morgan fingerprint density at radius 2 is 2.21 bits per heavy atom. The molecule has 1 atom stereocenters. The molecule has 1 heterocycles. The first-order valence-corrected chi connectivity index (χ1v) is 7.77. The summed E-state index contributed by atoms with van der Waals surface area (Å²) in [6.45, 7) is 3.85. The standard InChI is InChI=1S/C15H14F3N3O2S/c1-2-6-19-14-21-13(23)11(24-14)8-12(22)20-10-5-3-4-9(7-10)15(16,17)18/h2-5,7,11H,1,6,8H2,(H,20,22)(H,19,21,23)/t11-/m0/s1. The molecule has 1 aliphatic heterocycles. The molecule has 9 heteroatoms. The topological polar surface area (TPSA) is 70.6 Å². The van der Waals surface area contributed by atoms with E-state index in [0.717, 1.165) is 23.9 Å². The van der Waals surface area contributed by atoms with Gasteiger partial charge < -0.3 is 10.6 Å². The molecular formula is C15H14F3N3O2S. The molecule has 2 N–H and O–H groups in total. The monoisotopic (exact) mass is 357 g/mol. The van der Waals surface area contributed by atoms with Crippen molar-refractivity contribution in [3.63, 3.8) is 0 Å². The van der Waals surface area contributed by atoms with Crippen molar-refractivity contribution >= 4 is 34.4 Å². The molecule has 0 aliphatic carbocycles. The minimum absolute atomic E-state index is 0.0266. The molecule has 1 fully saturated rings. The van der Waals surface area contributed by atoms with E-state index in [1.165, 1.54) is 12.1 Å². The van der Waals surface area contributed by atoms with Crippen LogP contribution < -0.4 is 10.6 Å². The van der Waals surface area contributed by atoms with Gasteiger partial charge in [0.05, 0.1) is 12.1 Å². The fourth-order valence-electron chi connectivity index (χ4n) is 1.92. The molecule has 1 saturated heterocycles. The summed E-state index contributed by atoms with van der Waals surface area (Å²) in [4.78, 5) is 27.8. The summed E-state index contributed by atoms with van der Waals surface area (Å²) < 4.78 is 37.9. The maximum absolute atomic E-state index is 12.6. The third-order valence-electron chi connectivity index (χ3n) is 2.98. The summed E-state index contributed by atoms with van der Waals surface area (Å²) in [7, 11) is 0. The summed E-state index contributed by atoms with van der Waals surface area (Å²) in [5.74, 6) is -0.908. The van der Waals surface area contributed by atoms with Crippen LogP contribution in [-0.4, -0.2) is 28.8 Å².